The third-order valence-corrected chi connectivity index (χ3v) is 1.47. The lowest BCUT2D eigenvalue weighted by Crippen LogP contribution is -2.06. The van der Waals surface area contributed by atoms with Crippen molar-refractivity contribution in [3.05, 3.63) is 23.8 Å². The minimum absolute atomic E-state index is 0.547. The summed E-state index contributed by atoms with van der Waals surface area (Å²) in [5, 5.41) is 8.53. The van der Waals surface area contributed by atoms with Crippen molar-refractivity contribution in [1.29, 1.82) is 5.26 Å². The van der Waals surface area contributed by atoms with Crippen molar-refractivity contribution >= 4 is 18.3 Å². The summed E-state index contributed by atoms with van der Waals surface area (Å²) in [4.78, 5) is 0.719. The minimum Gasteiger partial charge on any atom is -0.324 e. The average molecular weight is 165 g/mol. The second-order valence-electron chi connectivity index (χ2n) is 2.02. The first-order chi connectivity index (χ1) is 5.26. The van der Waals surface area contributed by atoms with Crippen molar-refractivity contribution < 1.29 is 0 Å². The molecule has 0 saturated heterocycles. The van der Waals surface area contributed by atoms with Gasteiger partial charge in [0.15, 0.2) is 0 Å². The van der Waals surface area contributed by atoms with E-state index in [2.05, 4.69) is 18.1 Å². The standard InChI is InChI=1S/C7H7N3S/c8-4-5-1-6(10-9)3-7(11)2-5/h1-3,10-11H,9H2. The van der Waals surface area contributed by atoms with Crippen LogP contribution in [0.15, 0.2) is 23.1 Å². The monoisotopic (exact) mass is 165 g/mol. The first-order valence-electron chi connectivity index (χ1n) is 2.97. The van der Waals surface area contributed by atoms with Gasteiger partial charge in [0.25, 0.3) is 0 Å². The van der Waals surface area contributed by atoms with Gasteiger partial charge in [-0.2, -0.15) is 5.26 Å². The molecule has 0 aliphatic rings. The zero-order valence-electron chi connectivity index (χ0n) is 5.70. The van der Waals surface area contributed by atoms with Crippen LogP contribution in [-0.4, -0.2) is 0 Å². The highest BCUT2D eigenvalue weighted by molar-refractivity contribution is 7.80. The van der Waals surface area contributed by atoms with E-state index in [-0.39, 0.29) is 0 Å². The number of nitrogens with zero attached hydrogens (tertiary/aromatic N) is 1. The normalized spacial score (nSPS) is 8.82. The van der Waals surface area contributed by atoms with Gasteiger partial charge >= 0.3 is 0 Å². The van der Waals surface area contributed by atoms with Gasteiger partial charge in [0.2, 0.25) is 0 Å². The van der Waals surface area contributed by atoms with E-state index in [0.29, 0.717) is 11.3 Å². The van der Waals surface area contributed by atoms with Crippen molar-refractivity contribution in [3.8, 4) is 6.07 Å². The minimum atomic E-state index is 0.547. The fourth-order valence-electron chi connectivity index (χ4n) is 0.759. The van der Waals surface area contributed by atoms with Crippen LogP contribution in [-0.2, 0) is 0 Å². The quantitative estimate of drug-likeness (QED) is 0.332. The van der Waals surface area contributed by atoms with E-state index in [9.17, 15) is 0 Å². The molecule has 0 aliphatic carbocycles. The molecule has 0 saturated carbocycles. The largest absolute Gasteiger partial charge is 0.324 e. The Hall–Kier alpha value is -1.18. The highest BCUT2D eigenvalue weighted by Crippen LogP contribution is 2.15. The van der Waals surface area contributed by atoms with E-state index < -0.39 is 0 Å². The Morgan fingerprint density at radius 1 is 1.45 bits per heavy atom. The number of nitrogens with two attached hydrogens (primary N) is 1. The molecule has 3 nitrogen and oxygen atoms in total. The van der Waals surface area contributed by atoms with Crippen molar-refractivity contribution in [1.82, 2.24) is 0 Å². The molecule has 3 N–H and O–H groups in total. The van der Waals surface area contributed by atoms with Gasteiger partial charge in [-0.1, -0.05) is 0 Å². The molecule has 1 rings (SSSR count). The van der Waals surface area contributed by atoms with Crippen molar-refractivity contribution in [2.24, 2.45) is 5.84 Å². The van der Waals surface area contributed by atoms with Crippen molar-refractivity contribution in [2.45, 2.75) is 4.90 Å². The summed E-state index contributed by atoms with van der Waals surface area (Å²) in [7, 11) is 0. The highest BCUT2D eigenvalue weighted by Gasteiger charge is 1.95. The van der Waals surface area contributed by atoms with Crippen LogP contribution in [0.3, 0.4) is 0 Å². The summed E-state index contributed by atoms with van der Waals surface area (Å²) < 4.78 is 0. The lowest BCUT2D eigenvalue weighted by molar-refractivity contribution is 1.31. The number of rotatable bonds is 1. The molecular weight excluding hydrogens is 158 g/mol. The van der Waals surface area contributed by atoms with Crippen LogP contribution in [0.4, 0.5) is 5.69 Å². The Bertz CT molecular complexity index is 303. The highest BCUT2D eigenvalue weighted by atomic mass is 32.1. The Morgan fingerprint density at radius 3 is 2.73 bits per heavy atom. The van der Waals surface area contributed by atoms with E-state index in [1.807, 2.05) is 6.07 Å². The molecule has 1 aromatic rings. The van der Waals surface area contributed by atoms with Crippen LogP contribution in [0.1, 0.15) is 5.56 Å². The number of hydrogen-bond donors (Lipinski definition) is 3. The Labute approximate surface area is 70.2 Å². The molecule has 11 heavy (non-hydrogen) atoms. The van der Waals surface area contributed by atoms with Gasteiger partial charge in [-0.25, -0.2) is 0 Å². The molecule has 0 radical (unpaired) electrons. The van der Waals surface area contributed by atoms with Crippen LogP contribution in [0.2, 0.25) is 0 Å². The molecule has 0 unspecified atom stereocenters. The van der Waals surface area contributed by atoms with Gasteiger partial charge in [-0.15, -0.1) is 12.6 Å². The van der Waals surface area contributed by atoms with Gasteiger partial charge < -0.3 is 5.43 Å². The molecule has 0 heterocycles. The van der Waals surface area contributed by atoms with E-state index >= 15 is 0 Å². The number of hydrazine groups is 1. The van der Waals surface area contributed by atoms with Crippen LogP contribution < -0.4 is 11.3 Å². The third kappa shape index (κ3) is 1.87. The summed E-state index contributed by atoms with van der Waals surface area (Å²) >= 11 is 4.09. The molecule has 0 fully saturated rings. The number of thiol groups is 1. The molecule has 1 aromatic carbocycles. The molecule has 0 amide bonds. The Balaban J connectivity index is 3.15. The maximum atomic E-state index is 8.53. The number of anilines is 1. The zero-order chi connectivity index (χ0) is 8.27. The van der Waals surface area contributed by atoms with E-state index in [0.717, 1.165) is 4.90 Å². The first-order valence-corrected chi connectivity index (χ1v) is 3.42. The second kappa shape index (κ2) is 3.28. The van der Waals surface area contributed by atoms with Gasteiger partial charge in [0, 0.05) is 4.90 Å². The fourth-order valence-corrected chi connectivity index (χ4v) is 1.04. The Morgan fingerprint density at radius 2 is 2.18 bits per heavy atom. The Kier molecular flexibility index (Phi) is 2.36. The molecule has 56 valence electrons. The molecular formula is C7H7N3S. The summed E-state index contributed by atoms with van der Waals surface area (Å²) in [6.07, 6.45) is 0. The van der Waals surface area contributed by atoms with Gasteiger partial charge in [0.1, 0.15) is 0 Å². The van der Waals surface area contributed by atoms with Crippen LogP contribution >= 0.6 is 12.6 Å². The molecule has 0 atom stereocenters. The lowest BCUT2D eigenvalue weighted by Gasteiger charge is -2.00. The topological polar surface area (TPSA) is 61.8 Å². The van der Waals surface area contributed by atoms with Gasteiger partial charge in [-0.3, -0.25) is 5.84 Å². The van der Waals surface area contributed by atoms with E-state index in [1.54, 1.807) is 18.2 Å². The lowest BCUT2D eigenvalue weighted by atomic mass is 10.2. The van der Waals surface area contributed by atoms with E-state index in [1.165, 1.54) is 0 Å². The van der Waals surface area contributed by atoms with Crippen LogP contribution in [0.5, 0.6) is 0 Å². The summed E-state index contributed by atoms with van der Waals surface area (Å²) in [5.74, 6) is 5.15. The smallest absolute Gasteiger partial charge is 0.0992 e. The summed E-state index contributed by atoms with van der Waals surface area (Å²) in [6, 6.07) is 7.06. The summed E-state index contributed by atoms with van der Waals surface area (Å²) in [5.41, 5.74) is 3.68. The molecule has 0 aliphatic heterocycles. The van der Waals surface area contributed by atoms with Crippen LogP contribution in [0, 0.1) is 11.3 Å². The number of hydrogen-bond acceptors (Lipinski definition) is 4. The van der Waals surface area contributed by atoms with Crippen LogP contribution in [0.25, 0.3) is 0 Å². The predicted octanol–water partition coefficient (Wildman–Crippen LogP) is 1.13. The number of nitrogens with one attached hydrogen (secondary N) is 1. The third-order valence-electron chi connectivity index (χ3n) is 1.21. The number of nitrogen functional groups attached to an aromatic ring is 1. The number of nitriles is 1. The average Bonchev–Trinajstić information content (AvgIpc) is 2.03. The number of benzene rings is 1. The fraction of sp³-hybridized carbons (Fsp3) is 0. The van der Waals surface area contributed by atoms with Gasteiger partial charge in [0.05, 0.1) is 17.3 Å². The first kappa shape index (κ1) is 7.92. The molecule has 0 bridgehead atoms. The summed E-state index contributed by atoms with van der Waals surface area (Å²) in [6.45, 7) is 0. The maximum absolute atomic E-state index is 8.53. The zero-order valence-corrected chi connectivity index (χ0v) is 6.60. The maximum Gasteiger partial charge on any atom is 0.0992 e. The van der Waals surface area contributed by atoms with E-state index in [4.69, 9.17) is 11.1 Å². The second-order valence-corrected chi connectivity index (χ2v) is 2.54. The predicted molar refractivity (Wildman–Crippen MR) is 46.2 cm³/mol. The molecule has 0 spiro atoms. The molecule has 4 heteroatoms. The van der Waals surface area contributed by atoms with Gasteiger partial charge in [-0.05, 0) is 18.2 Å². The SMILES string of the molecule is N#Cc1cc(S)cc(NN)c1. The van der Waals surface area contributed by atoms with Crippen molar-refractivity contribution in [3.63, 3.8) is 0 Å². The molecule has 0 aromatic heterocycles. The van der Waals surface area contributed by atoms with Crippen molar-refractivity contribution in [2.75, 3.05) is 5.43 Å².